The lowest BCUT2D eigenvalue weighted by Gasteiger charge is -2.19. The van der Waals surface area contributed by atoms with Crippen LogP contribution in [0.2, 0.25) is 0 Å². The van der Waals surface area contributed by atoms with E-state index in [9.17, 15) is 18.0 Å². The lowest BCUT2D eigenvalue weighted by atomic mass is 10.0. The van der Waals surface area contributed by atoms with Crippen molar-refractivity contribution < 1.29 is 18.0 Å². The monoisotopic (exact) mass is 442 g/mol. The number of amides is 1. The van der Waals surface area contributed by atoms with Gasteiger partial charge < -0.3 is 5.32 Å². The summed E-state index contributed by atoms with van der Waals surface area (Å²) in [5.41, 5.74) is 1.64. The Morgan fingerprint density at radius 3 is 2.25 bits per heavy atom. The molecular weight excluding hydrogens is 424 g/mol. The lowest BCUT2D eigenvalue weighted by molar-refractivity contribution is -0.114. The summed E-state index contributed by atoms with van der Waals surface area (Å²) in [5, 5.41) is 4.13. The maximum atomic E-state index is 13.1. The van der Waals surface area contributed by atoms with Crippen LogP contribution in [0.4, 0.5) is 11.4 Å². The largest absolute Gasteiger partial charge is 0.324 e. The number of nitrogens with one attached hydrogen (secondary N) is 1. The number of carbonyl (C=O) groups excluding carboxylic acids is 2. The molecule has 1 amide bonds. The molecule has 0 radical (unpaired) electrons. The summed E-state index contributed by atoms with van der Waals surface area (Å²) in [6.07, 6.45) is 0. The van der Waals surface area contributed by atoms with Crippen LogP contribution in [0.15, 0.2) is 95.9 Å². The Labute approximate surface area is 185 Å². The Bertz CT molecular complexity index is 1480. The molecule has 0 unspecified atom stereocenters. The van der Waals surface area contributed by atoms with E-state index < -0.39 is 22.5 Å². The molecule has 0 aliphatic carbocycles. The highest BCUT2D eigenvalue weighted by atomic mass is 32.2. The number of sulfonamides is 1. The van der Waals surface area contributed by atoms with Gasteiger partial charge in [0.1, 0.15) is 6.54 Å². The zero-order valence-electron chi connectivity index (χ0n) is 16.9. The van der Waals surface area contributed by atoms with E-state index in [1.807, 2.05) is 18.2 Å². The van der Waals surface area contributed by atoms with Gasteiger partial charge in [0, 0.05) is 16.5 Å². The molecule has 0 spiro atoms. The van der Waals surface area contributed by atoms with Crippen LogP contribution in [0.3, 0.4) is 0 Å². The highest BCUT2D eigenvalue weighted by Gasteiger charge is 2.36. The van der Waals surface area contributed by atoms with Crippen LogP contribution >= 0.6 is 0 Å². The SMILES string of the molecule is O=C(CN1c2cccc3cccc(c23)S1(=O)=O)Nc1ccccc1C(=O)c1ccccc1. The van der Waals surface area contributed by atoms with Gasteiger partial charge in [0.2, 0.25) is 5.91 Å². The molecule has 1 N–H and O–H groups in total. The van der Waals surface area contributed by atoms with Crippen LogP contribution in [0, 0.1) is 0 Å². The fourth-order valence-corrected chi connectivity index (χ4v) is 5.65. The van der Waals surface area contributed by atoms with E-state index in [0.29, 0.717) is 27.9 Å². The van der Waals surface area contributed by atoms with Crippen LogP contribution in [-0.4, -0.2) is 26.7 Å². The van der Waals surface area contributed by atoms with Crippen molar-refractivity contribution in [2.24, 2.45) is 0 Å². The first-order valence-electron chi connectivity index (χ1n) is 10.00. The second-order valence-electron chi connectivity index (χ2n) is 7.43. The fraction of sp³-hybridized carbons (Fsp3) is 0.0400. The number of nitrogens with zero attached hydrogens (tertiary/aromatic N) is 1. The normalized spacial score (nSPS) is 13.8. The summed E-state index contributed by atoms with van der Waals surface area (Å²) in [7, 11) is -3.85. The molecule has 0 bridgehead atoms. The van der Waals surface area contributed by atoms with Crippen LogP contribution in [0.1, 0.15) is 15.9 Å². The molecule has 0 atom stereocenters. The number of hydrogen-bond acceptors (Lipinski definition) is 4. The van der Waals surface area contributed by atoms with Crippen LogP contribution < -0.4 is 9.62 Å². The quantitative estimate of drug-likeness (QED) is 0.469. The molecule has 1 aliphatic heterocycles. The summed E-state index contributed by atoms with van der Waals surface area (Å²) < 4.78 is 27.3. The number of anilines is 2. The number of benzene rings is 4. The predicted molar refractivity (Wildman–Crippen MR) is 123 cm³/mol. The van der Waals surface area contributed by atoms with Crippen molar-refractivity contribution in [3.63, 3.8) is 0 Å². The molecule has 0 saturated carbocycles. The molecule has 4 aromatic carbocycles. The van der Waals surface area contributed by atoms with Gasteiger partial charge >= 0.3 is 0 Å². The van der Waals surface area contributed by atoms with E-state index in [0.717, 1.165) is 9.69 Å². The van der Waals surface area contributed by atoms with Gasteiger partial charge in [0.15, 0.2) is 5.78 Å². The van der Waals surface area contributed by atoms with Crippen molar-refractivity contribution in [2.45, 2.75) is 4.90 Å². The van der Waals surface area contributed by atoms with E-state index in [2.05, 4.69) is 5.32 Å². The molecule has 0 aromatic heterocycles. The average molecular weight is 442 g/mol. The first-order chi connectivity index (χ1) is 15.5. The van der Waals surface area contributed by atoms with E-state index >= 15 is 0 Å². The topological polar surface area (TPSA) is 83.6 Å². The summed E-state index contributed by atoms with van der Waals surface area (Å²) in [5.74, 6) is -0.765. The standard InChI is InChI=1S/C25H18N2O4S/c28-23(26-20-13-5-4-12-19(20)25(29)18-8-2-1-3-9-18)16-27-21-14-6-10-17-11-7-15-22(24(17)21)32(27,30)31/h1-15H,16H2,(H,26,28). The minimum absolute atomic E-state index is 0.193. The van der Waals surface area contributed by atoms with E-state index in [4.69, 9.17) is 0 Å². The van der Waals surface area contributed by atoms with Gasteiger partial charge in [-0.25, -0.2) is 8.42 Å². The summed E-state index contributed by atoms with van der Waals surface area (Å²) >= 11 is 0. The van der Waals surface area contributed by atoms with Gasteiger partial charge in [0.25, 0.3) is 10.0 Å². The number of carbonyl (C=O) groups is 2. The van der Waals surface area contributed by atoms with Crippen molar-refractivity contribution in [3.05, 3.63) is 102 Å². The van der Waals surface area contributed by atoms with Crippen molar-refractivity contribution >= 4 is 43.9 Å². The molecule has 0 saturated heterocycles. The Balaban J connectivity index is 1.44. The lowest BCUT2D eigenvalue weighted by Crippen LogP contribution is -2.35. The van der Waals surface area contributed by atoms with Crippen molar-refractivity contribution in [2.75, 3.05) is 16.2 Å². The molecule has 32 heavy (non-hydrogen) atoms. The van der Waals surface area contributed by atoms with Crippen LogP contribution in [0.25, 0.3) is 10.8 Å². The Morgan fingerprint density at radius 1 is 0.781 bits per heavy atom. The highest BCUT2D eigenvalue weighted by Crippen LogP contribution is 2.41. The zero-order valence-corrected chi connectivity index (χ0v) is 17.7. The smallest absolute Gasteiger partial charge is 0.265 e. The van der Waals surface area contributed by atoms with Gasteiger partial charge in [-0.15, -0.1) is 0 Å². The number of hydrogen-bond donors (Lipinski definition) is 1. The fourth-order valence-electron chi connectivity index (χ4n) is 3.98. The maximum absolute atomic E-state index is 13.1. The third-order valence-electron chi connectivity index (χ3n) is 5.45. The Hall–Kier alpha value is -3.97. The minimum atomic E-state index is -3.85. The summed E-state index contributed by atoms with van der Waals surface area (Å²) in [6, 6.07) is 25.8. The summed E-state index contributed by atoms with van der Waals surface area (Å²) in [6.45, 7) is -0.399. The first-order valence-corrected chi connectivity index (χ1v) is 11.4. The van der Waals surface area contributed by atoms with Crippen molar-refractivity contribution in [1.82, 2.24) is 0 Å². The Kier molecular flexibility index (Phi) is 4.75. The van der Waals surface area contributed by atoms with Gasteiger partial charge in [-0.2, -0.15) is 0 Å². The zero-order chi connectivity index (χ0) is 22.3. The highest BCUT2D eigenvalue weighted by molar-refractivity contribution is 7.93. The van der Waals surface area contributed by atoms with Gasteiger partial charge in [-0.05, 0) is 29.7 Å². The molecule has 0 fully saturated rings. The van der Waals surface area contributed by atoms with Crippen LogP contribution in [-0.2, 0) is 14.8 Å². The van der Waals surface area contributed by atoms with E-state index in [-0.39, 0.29) is 10.7 Å². The molecule has 1 aliphatic rings. The summed E-state index contributed by atoms with van der Waals surface area (Å²) in [4.78, 5) is 26.0. The minimum Gasteiger partial charge on any atom is -0.324 e. The molecule has 5 rings (SSSR count). The molecule has 4 aromatic rings. The Morgan fingerprint density at radius 2 is 1.47 bits per heavy atom. The third kappa shape index (κ3) is 3.23. The number of para-hydroxylation sites is 1. The number of ketones is 1. The molecular formula is C25H18N2O4S. The van der Waals surface area contributed by atoms with Crippen molar-refractivity contribution in [1.29, 1.82) is 0 Å². The second-order valence-corrected chi connectivity index (χ2v) is 9.26. The maximum Gasteiger partial charge on any atom is 0.265 e. The van der Waals surface area contributed by atoms with Gasteiger partial charge in [-0.1, -0.05) is 66.7 Å². The predicted octanol–water partition coefficient (Wildman–Crippen LogP) is 4.22. The first kappa shape index (κ1) is 20.0. The second kappa shape index (κ2) is 7.62. The molecule has 7 heteroatoms. The molecule has 158 valence electrons. The van der Waals surface area contributed by atoms with E-state index in [1.165, 1.54) is 0 Å². The molecule has 6 nitrogen and oxygen atoms in total. The average Bonchev–Trinajstić information content (AvgIpc) is 3.03. The van der Waals surface area contributed by atoms with Gasteiger partial charge in [-0.3, -0.25) is 13.9 Å². The number of rotatable bonds is 5. The van der Waals surface area contributed by atoms with Crippen molar-refractivity contribution in [3.8, 4) is 0 Å². The van der Waals surface area contributed by atoms with Crippen LogP contribution in [0.5, 0.6) is 0 Å². The molecule has 1 heterocycles. The van der Waals surface area contributed by atoms with E-state index in [1.54, 1.807) is 72.8 Å². The third-order valence-corrected chi connectivity index (χ3v) is 7.25. The van der Waals surface area contributed by atoms with Gasteiger partial charge in [0.05, 0.1) is 16.3 Å².